The summed E-state index contributed by atoms with van der Waals surface area (Å²) in [6.45, 7) is 0.990. The lowest BCUT2D eigenvalue weighted by Crippen LogP contribution is -2.01. The second-order valence-corrected chi connectivity index (χ2v) is 3.24. The standard InChI is InChI=1S/C10H11FN4/c11-10-3-8(1-2-13-10)6-15-7-9(4-12)5-14-15/h1-3,5,7H,4,6,12H2. The topological polar surface area (TPSA) is 56.7 Å². The fourth-order valence-electron chi connectivity index (χ4n) is 1.33. The Balaban J connectivity index is 2.14. The van der Waals surface area contributed by atoms with Crippen LogP contribution in [0, 0.1) is 5.95 Å². The molecule has 0 aliphatic carbocycles. The molecule has 0 aliphatic rings. The molecule has 0 atom stereocenters. The Hall–Kier alpha value is -1.75. The molecular formula is C10H11FN4. The summed E-state index contributed by atoms with van der Waals surface area (Å²) in [5, 5.41) is 4.11. The van der Waals surface area contributed by atoms with Gasteiger partial charge in [0.2, 0.25) is 5.95 Å². The summed E-state index contributed by atoms with van der Waals surface area (Å²) >= 11 is 0. The number of aromatic nitrogens is 3. The van der Waals surface area contributed by atoms with Gasteiger partial charge in [-0.25, -0.2) is 4.98 Å². The van der Waals surface area contributed by atoms with Crippen molar-refractivity contribution in [2.75, 3.05) is 0 Å². The molecule has 2 heterocycles. The Kier molecular flexibility index (Phi) is 2.73. The van der Waals surface area contributed by atoms with E-state index in [-0.39, 0.29) is 0 Å². The second kappa shape index (κ2) is 4.18. The van der Waals surface area contributed by atoms with Crippen LogP contribution in [0.4, 0.5) is 4.39 Å². The van der Waals surface area contributed by atoms with E-state index in [0.717, 1.165) is 11.1 Å². The fourth-order valence-corrected chi connectivity index (χ4v) is 1.33. The first kappa shape index (κ1) is 9.79. The van der Waals surface area contributed by atoms with Crippen LogP contribution in [0.15, 0.2) is 30.7 Å². The molecule has 0 aliphatic heterocycles. The summed E-state index contributed by atoms with van der Waals surface area (Å²) in [5.41, 5.74) is 7.25. The zero-order chi connectivity index (χ0) is 10.7. The van der Waals surface area contributed by atoms with Gasteiger partial charge in [0.15, 0.2) is 0 Å². The van der Waals surface area contributed by atoms with Gasteiger partial charge in [0.25, 0.3) is 0 Å². The van der Waals surface area contributed by atoms with Crippen LogP contribution in [-0.4, -0.2) is 14.8 Å². The molecule has 0 bridgehead atoms. The van der Waals surface area contributed by atoms with E-state index in [9.17, 15) is 4.39 Å². The van der Waals surface area contributed by atoms with Crippen molar-refractivity contribution in [3.05, 3.63) is 47.8 Å². The molecule has 0 spiro atoms. The quantitative estimate of drug-likeness (QED) is 0.760. The van der Waals surface area contributed by atoms with Crippen molar-refractivity contribution in [1.82, 2.24) is 14.8 Å². The summed E-state index contributed by atoms with van der Waals surface area (Å²) in [4.78, 5) is 3.49. The smallest absolute Gasteiger partial charge is 0.213 e. The SMILES string of the molecule is NCc1cnn(Cc2ccnc(F)c2)c1. The molecular weight excluding hydrogens is 195 g/mol. The molecule has 2 N–H and O–H groups in total. The van der Waals surface area contributed by atoms with Crippen molar-refractivity contribution in [2.45, 2.75) is 13.1 Å². The van der Waals surface area contributed by atoms with Crippen molar-refractivity contribution in [3.8, 4) is 0 Å². The summed E-state index contributed by atoms with van der Waals surface area (Å²) in [7, 11) is 0. The van der Waals surface area contributed by atoms with Crippen LogP contribution in [0.5, 0.6) is 0 Å². The lowest BCUT2D eigenvalue weighted by atomic mass is 10.3. The van der Waals surface area contributed by atoms with Gasteiger partial charge in [0.05, 0.1) is 12.7 Å². The highest BCUT2D eigenvalue weighted by molar-refractivity contribution is 5.12. The third-order valence-electron chi connectivity index (χ3n) is 2.06. The molecule has 0 amide bonds. The minimum Gasteiger partial charge on any atom is -0.326 e. The lowest BCUT2D eigenvalue weighted by Gasteiger charge is -2.00. The monoisotopic (exact) mass is 206 g/mol. The van der Waals surface area contributed by atoms with Gasteiger partial charge in [0, 0.05) is 24.5 Å². The highest BCUT2D eigenvalue weighted by atomic mass is 19.1. The Labute approximate surface area is 86.6 Å². The van der Waals surface area contributed by atoms with Crippen LogP contribution >= 0.6 is 0 Å². The van der Waals surface area contributed by atoms with Gasteiger partial charge < -0.3 is 5.73 Å². The van der Waals surface area contributed by atoms with Gasteiger partial charge in [-0.3, -0.25) is 4.68 Å². The molecule has 15 heavy (non-hydrogen) atoms. The predicted octanol–water partition coefficient (Wildman–Crippen LogP) is 0.924. The molecule has 0 saturated carbocycles. The summed E-state index contributed by atoms with van der Waals surface area (Å²) in [6, 6.07) is 3.15. The maximum absolute atomic E-state index is 12.8. The molecule has 0 radical (unpaired) electrons. The van der Waals surface area contributed by atoms with Crippen molar-refractivity contribution < 1.29 is 4.39 Å². The van der Waals surface area contributed by atoms with Crippen molar-refractivity contribution in [2.24, 2.45) is 5.73 Å². The maximum Gasteiger partial charge on any atom is 0.213 e. The zero-order valence-electron chi connectivity index (χ0n) is 8.10. The van der Waals surface area contributed by atoms with E-state index < -0.39 is 5.95 Å². The van der Waals surface area contributed by atoms with Gasteiger partial charge in [0.1, 0.15) is 0 Å². The van der Waals surface area contributed by atoms with Gasteiger partial charge in [-0.1, -0.05) is 0 Å². The number of hydrogen-bond donors (Lipinski definition) is 1. The van der Waals surface area contributed by atoms with Crippen LogP contribution in [-0.2, 0) is 13.1 Å². The van der Waals surface area contributed by atoms with Gasteiger partial charge in [-0.15, -0.1) is 0 Å². The molecule has 5 heteroatoms. The van der Waals surface area contributed by atoms with Gasteiger partial charge in [-0.2, -0.15) is 9.49 Å². The lowest BCUT2D eigenvalue weighted by molar-refractivity contribution is 0.577. The second-order valence-electron chi connectivity index (χ2n) is 3.24. The van der Waals surface area contributed by atoms with E-state index in [1.807, 2.05) is 6.20 Å². The number of pyridine rings is 1. The Morgan fingerprint density at radius 1 is 1.40 bits per heavy atom. The van der Waals surface area contributed by atoms with E-state index in [1.165, 1.54) is 12.3 Å². The Morgan fingerprint density at radius 2 is 2.27 bits per heavy atom. The summed E-state index contributed by atoms with van der Waals surface area (Å²) in [5.74, 6) is -0.473. The number of rotatable bonds is 3. The fraction of sp³-hybridized carbons (Fsp3) is 0.200. The molecule has 2 aromatic rings. The van der Waals surface area contributed by atoms with Crippen LogP contribution < -0.4 is 5.73 Å². The van der Waals surface area contributed by atoms with Gasteiger partial charge >= 0.3 is 0 Å². The Bertz CT molecular complexity index is 452. The van der Waals surface area contributed by atoms with Crippen LogP contribution in [0.1, 0.15) is 11.1 Å². The maximum atomic E-state index is 12.8. The normalized spacial score (nSPS) is 10.5. The van der Waals surface area contributed by atoms with Gasteiger partial charge in [-0.05, 0) is 17.7 Å². The van der Waals surface area contributed by atoms with Crippen LogP contribution in [0.25, 0.3) is 0 Å². The number of halogens is 1. The van der Waals surface area contributed by atoms with Crippen LogP contribution in [0.2, 0.25) is 0 Å². The number of nitrogens with zero attached hydrogens (tertiary/aromatic N) is 3. The average molecular weight is 206 g/mol. The first-order valence-corrected chi connectivity index (χ1v) is 4.60. The predicted molar refractivity (Wildman–Crippen MR) is 53.4 cm³/mol. The average Bonchev–Trinajstić information content (AvgIpc) is 2.65. The molecule has 4 nitrogen and oxygen atoms in total. The van der Waals surface area contributed by atoms with E-state index in [4.69, 9.17) is 5.73 Å². The third-order valence-corrected chi connectivity index (χ3v) is 2.06. The third kappa shape index (κ3) is 2.38. The van der Waals surface area contributed by atoms with Crippen molar-refractivity contribution in [1.29, 1.82) is 0 Å². The van der Waals surface area contributed by atoms with E-state index >= 15 is 0 Å². The van der Waals surface area contributed by atoms with Crippen LogP contribution in [0.3, 0.4) is 0 Å². The van der Waals surface area contributed by atoms with E-state index in [2.05, 4.69) is 10.1 Å². The minimum atomic E-state index is -0.473. The number of nitrogens with two attached hydrogens (primary N) is 1. The van der Waals surface area contributed by atoms with Crippen molar-refractivity contribution >= 4 is 0 Å². The molecule has 0 saturated heterocycles. The van der Waals surface area contributed by atoms with E-state index in [1.54, 1.807) is 16.9 Å². The number of hydrogen-bond acceptors (Lipinski definition) is 3. The van der Waals surface area contributed by atoms with E-state index in [0.29, 0.717) is 13.1 Å². The zero-order valence-corrected chi connectivity index (χ0v) is 8.10. The van der Waals surface area contributed by atoms with Crippen molar-refractivity contribution in [3.63, 3.8) is 0 Å². The highest BCUT2D eigenvalue weighted by Gasteiger charge is 1.99. The first-order chi connectivity index (χ1) is 7.28. The molecule has 0 unspecified atom stereocenters. The summed E-state index contributed by atoms with van der Waals surface area (Å²) in [6.07, 6.45) is 4.99. The molecule has 0 aromatic carbocycles. The Morgan fingerprint density at radius 3 is 2.93 bits per heavy atom. The highest BCUT2D eigenvalue weighted by Crippen LogP contribution is 2.04. The molecule has 0 fully saturated rings. The largest absolute Gasteiger partial charge is 0.326 e. The minimum absolute atomic E-state index is 0.463. The molecule has 78 valence electrons. The molecule has 2 aromatic heterocycles. The summed E-state index contributed by atoms with van der Waals surface area (Å²) < 4.78 is 14.5. The molecule has 2 rings (SSSR count). The first-order valence-electron chi connectivity index (χ1n) is 4.60.